The SMILES string of the molecule is CN1CCN(c2ccc(Nc3ncc(C#N)c(Nc4ccccc4C(N)=O)n3)cc2)CC1.Cl. The fourth-order valence-electron chi connectivity index (χ4n) is 3.50. The Hall–Kier alpha value is -3.87. The van der Waals surface area contributed by atoms with E-state index in [9.17, 15) is 10.1 Å². The van der Waals surface area contributed by atoms with Crippen LogP contribution in [-0.4, -0.2) is 54.0 Å². The van der Waals surface area contributed by atoms with E-state index in [1.807, 2.05) is 12.1 Å². The van der Waals surface area contributed by atoms with Gasteiger partial charge in [0, 0.05) is 37.6 Å². The zero-order valence-electron chi connectivity index (χ0n) is 18.2. The fraction of sp³-hybridized carbons (Fsp3) is 0.217. The van der Waals surface area contributed by atoms with E-state index >= 15 is 0 Å². The molecule has 4 rings (SSSR count). The van der Waals surface area contributed by atoms with E-state index in [-0.39, 0.29) is 23.8 Å². The zero-order valence-corrected chi connectivity index (χ0v) is 19.0. The van der Waals surface area contributed by atoms with Crippen LogP contribution < -0.4 is 21.3 Å². The van der Waals surface area contributed by atoms with Gasteiger partial charge in [-0.3, -0.25) is 4.79 Å². The predicted molar refractivity (Wildman–Crippen MR) is 132 cm³/mol. The van der Waals surface area contributed by atoms with Crippen LogP contribution in [0.15, 0.2) is 54.7 Å². The number of amides is 1. The maximum atomic E-state index is 11.7. The smallest absolute Gasteiger partial charge is 0.250 e. The maximum absolute atomic E-state index is 11.7. The molecule has 1 saturated heterocycles. The molecule has 1 aromatic heterocycles. The standard InChI is InChI=1S/C23H24N8O.ClH/c1-30-10-12-31(13-11-30)18-8-6-17(7-9-18)27-23-26-15-16(14-24)22(29-23)28-20-5-3-2-4-19(20)21(25)32;/h2-9,15H,10-13H2,1H3,(H2,25,32)(H2,26,27,28,29);1H. The van der Waals surface area contributed by atoms with Crippen LogP contribution in [-0.2, 0) is 0 Å². The zero-order chi connectivity index (χ0) is 22.5. The number of nitriles is 1. The number of primary amides is 1. The lowest BCUT2D eigenvalue weighted by Gasteiger charge is -2.34. The average Bonchev–Trinajstić information content (AvgIpc) is 2.81. The molecule has 0 radical (unpaired) electrons. The van der Waals surface area contributed by atoms with Gasteiger partial charge in [0.05, 0.1) is 17.4 Å². The second-order valence-electron chi connectivity index (χ2n) is 7.56. The van der Waals surface area contributed by atoms with Crippen molar-refractivity contribution in [1.82, 2.24) is 14.9 Å². The molecular formula is C23H25ClN8O. The number of piperazine rings is 1. The maximum Gasteiger partial charge on any atom is 0.250 e. The fourth-order valence-corrected chi connectivity index (χ4v) is 3.50. The topological polar surface area (TPSA) is 123 Å². The van der Waals surface area contributed by atoms with Crippen LogP contribution in [0.2, 0.25) is 0 Å². The highest BCUT2D eigenvalue weighted by molar-refractivity contribution is 5.99. The lowest BCUT2D eigenvalue weighted by molar-refractivity contribution is 0.100. The molecular weight excluding hydrogens is 440 g/mol. The molecule has 2 aromatic carbocycles. The highest BCUT2D eigenvalue weighted by Gasteiger charge is 2.15. The number of nitrogens with one attached hydrogen (secondary N) is 2. The monoisotopic (exact) mass is 464 g/mol. The average molecular weight is 465 g/mol. The van der Waals surface area contributed by atoms with E-state index in [0.717, 1.165) is 31.9 Å². The van der Waals surface area contributed by atoms with E-state index < -0.39 is 5.91 Å². The third-order valence-electron chi connectivity index (χ3n) is 5.35. The van der Waals surface area contributed by atoms with Gasteiger partial charge in [-0.05, 0) is 43.4 Å². The van der Waals surface area contributed by atoms with Gasteiger partial charge in [-0.25, -0.2) is 4.98 Å². The molecule has 0 unspecified atom stereocenters. The number of rotatable bonds is 6. The second-order valence-corrected chi connectivity index (χ2v) is 7.56. The number of carbonyl (C=O) groups excluding carboxylic acids is 1. The molecule has 0 spiro atoms. The highest BCUT2D eigenvalue weighted by atomic mass is 35.5. The summed E-state index contributed by atoms with van der Waals surface area (Å²) in [5, 5.41) is 15.6. The number of hydrogen-bond donors (Lipinski definition) is 3. The number of hydrogen-bond acceptors (Lipinski definition) is 8. The third-order valence-corrected chi connectivity index (χ3v) is 5.35. The van der Waals surface area contributed by atoms with E-state index in [1.165, 1.54) is 11.9 Å². The Morgan fingerprint density at radius 2 is 1.76 bits per heavy atom. The van der Waals surface area contributed by atoms with Crippen LogP contribution in [0.25, 0.3) is 0 Å². The molecule has 3 aromatic rings. The molecule has 2 heterocycles. The summed E-state index contributed by atoms with van der Waals surface area (Å²) in [5.74, 6) is 0.0441. The molecule has 4 N–H and O–H groups in total. The van der Waals surface area contributed by atoms with Gasteiger partial charge in [0.1, 0.15) is 11.6 Å². The van der Waals surface area contributed by atoms with Gasteiger partial charge in [-0.1, -0.05) is 12.1 Å². The van der Waals surface area contributed by atoms with Crippen LogP contribution in [0, 0.1) is 11.3 Å². The minimum atomic E-state index is -0.570. The third kappa shape index (κ3) is 5.68. The van der Waals surface area contributed by atoms with Crippen molar-refractivity contribution in [2.45, 2.75) is 0 Å². The Balaban J connectivity index is 0.00000306. The summed E-state index contributed by atoms with van der Waals surface area (Å²) in [4.78, 5) is 25.0. The van der Waals surface area contributed by atoms with Gasteiger partial charge < -0.3 is 26.2 Å². The van der Waals surface area contributed by atoms with E-state index in [4.69, 9.17) is 5.73 Å². The number of nitrogens with two attached hydrogens (primary N) is 1. The summed E-state index contributed by atoms with van der Waals surface area (Å²) in [5.41, 5.74) is 8.48. The number of para-hydroxylation sites is 1. The van der Waals surface area contributed by atoms with Crippen molar-refractivity contribution in [3.05, 3.63) is 65.9 Å². The molecule has 0 atom stereocenters. The number of carbonyl (C=O) groups is 1. The molecule has 1 amide bonds. The van der Waals surface area contributed by atoms with Crippen molar-refractivity contribution < 1.29 is 4.79 Å². The summed E-state index contributed by atoms with van der Waals surface area (Å²) in [6, 6.07) is 17.0. The predicted octanol–water partition coefficient (Wildman–Crippen LogP) is 3.11. The first-order chi connectivity index (χ1) is 15.5. The molecule has 0 saturated carbocycles. The normalized spacial score (nSPS) is 13.5. The lowest BCUT2D eigenvalue weighted by atomic mass is 10.1. The van der Waals surface area contributed by atoms with E-state index in [0.29, 0.717) is 17.2 Å². The Kier molecular flexibility index (Phi) is 7.66. The van der Waals surface area contributed by atoms with E-state index in [1.54, 1.807) is 24.3 Å². The van der Waals surface area contributed by atoms with Gasteiger partial charge in [0.2, 0.25) is 5.95 Å². The first-order valence-electron chi connectivity index (χ1n) is 10.3. The molecule has 170 valence electrons. The van der Waals surface area contributed by atoms with Gasteiger partial charge >= 0.3 is 0 Å². The first-order valence-corrected chi connectivity index (χ1v) is 10.3. The summed E-state index contributed by atoms with van der Waals surface area (Å²) in [6.07, 6.45) is 1.43. The molecule has 1 fully saturated rings. The lowest BCUT2D eigenvalue weighted by Crippen LogP contribution is -2.44. The van der Waals surface area contributed by atoms with Crippen molar-refractivity contribution >= 4 is 47.1 Å². The summed E-state index contributed by atoms with van der Waals surface area (Å²) in [7, 11) is 2.14. The van der Waals surface area contributed by atoms with Crippen molar-refractivity contribution in [1.29, 1.82) is 5.26 Å². The van der Waals surface area contributed by atoms with Crippen molar-refractivity contribution in [3.8, 4) is 6.07 Å². The highest BCUT2D eigenvalue weighted by Crippen LogP contribution is 2.25. The number of nitrogens with zero attached hydrogens (tertiary/aromatic N) is 5. The van der Waals surface area contributed by atoms with Gasteiger partial charge in [-0.15, -0.1) is 12.4 Å². The van der Waals surface area contributed by atoms with Crippen molar-refractivity contribution in [2.24, 2.45) is 5.73 Å². The van der Waals surface area contributed by atoms with E-state index in [2.05, 4.69) is 55.7 Å². The minimum absolute atomic E-state index is 0. The number of anilines is 5. The van der Waals surface area contributed by atoms with Gasteiger partial charge in [0.15, 0.2) is 5.82 Å². The second kappa shape index (κ2) is 10.6. The van der Waals surface area contributed by atoms with Gasteiger partial charge in [-0.2, -0.15) is 10.2 Å². The molecule has 10 heteroatoms. The Morgan fingerprint density at radius 3 is 2.42 bits per heavy atom. The minimum Gasteiger partial charge on any atom is -0.369 e. The largest absolute Gasteiger partial charge is 0.369 e. The number of aromatic nitrogens is 2. The molecule has 0 aliphatic carbocycles. The van der Waals surface area contributed by atoms with Crippen LogP contribution in [0.1, 0.15) is 15.9 Å². The number of likely N-dealkylation sites (N-methyl/N-ethyl adjacent to an activating group) is 1. The quantitative estimate of drug-likeness (QED) is 0.508. The van der Waals surface area contributed by atoms with Crippen LogP contribution in [0.3, 0.4) is 0 Å². The summed E-state index contributed by atoms with van der Waals surface area (Å²) in [6.45, 7) is 4.11. The summed E-state index contributed by atoms with van der Waals surface area (Å²) >= 11 is 0. The Labute approximate surface area is 198 Å². The Bertz CT molecular complexity index is 1150. The number of halogens is 1. The Morgan fingerprint density at radius 1 is 1.06 bits per heavy atom. The summed E-state index contributed by atoms with van der Waals surface area (Å²) < 4.78 is 0. The molecule has 1 aliphatic rings. The molecule has 9 nitrogen and oxygen atoms in total. The molecule has 1 aliphatic heterocycles. The van der Waals surface area contributed by atoms with Gasteiger partial charge in [0.25, 0.3) is 5.91 Å². The van der Waals surface area contributed by atoms with Crippen LogP contribution >= 0.6 is 12.4 Å². The van der Waals surface area contributed by atoms with Crippen molar-refractivity contribution in [3.63, 3.8) is 0 Å². The first kappa shape index (κ1) is 23.8. The molecule has 0 bridgehead atoms. The number of benzene rings is 2. The molecule has 33 heavy (non-hydrogen) atoms. The van der Waals surface area contributed by atoms with Crippen LogP contribution in [0.4, 0.5) is 28.8 Å². The van der Waals surface area contributed by atoms with Crippen LogP contribution in [0.5, 0.6) is 0 Å². The van der Waals surface area contributed by atoms with Crippen molar-refractivity contribution in [2.75, 3.05) is 48.8 Å².